The van der Waals surface area contributed by atoms with Crippen LogP contribution >= 0.6 is 0 Å². The largest absolute Gasteiger partial charge is 0.460 e. The monoisotopic (exact) mass is 590 g/mol. The second kappa shape index (κ2) is 12.7. The van der Waals surface area contributed by atoms with E-state index in [2.05, 4.69) is 10.4 Å². The van der Waals surface area contributed by atoms with Crippen molar-refractivity contribution in [3.63, 3.8) is 0 Å². The Bertz CT molecular complexity index is 1310. The SMILES string of the molecule is CC(C)(C)OC(=O)CC(CCN1C(=O)CCCC1=O)NC(=O)c1cc(-c2ccccc2C(F)(F)F)n(C2CCCC2)n1. The molecule has 2 heterocycles. The number of hydrogen-bond acceptors (Lipinski definition) is 6. The van der Waals surface area contributed by atoms with Gasteiger partial charge >= 0.3 is 12.1 Å². The molecule has 2 fully saturated rings. The number of piperidine rings is 1. The molecule has 42 heavy (non-hydrogen) atoms. The summed E-state index contributed by atoms with van der Waals surface area (Å²) in [5, 5.41) is 7.22. The van der Waals surface area contributed by atoms with Crippen LogP contribution in [0.3, 0.4) is 0 Å². The Kier molecular flexibility index (Phi) is 9.42. The normalized spacial score (nSPS) is 17.4. The van der Waals surface area contributed by atoms with Gasteiger partial charge in [0.15, 0.2) is 5.69 Å². The Balaban J connectivity index is 1.61. The molecule has 1 saturated carbocycles. The fourth-order valence-corrected chi connectivity index (χ4v) is 5.49. The molecular weight excluding hydrogens is 553 g/mol. The van der Waals surface area contributed by atoms with E-state index in [4.69, 9.17) is 4.74 Å². The molecule has 1 aromatic heterocycles. The summed E-state index contributed by atoms with van der Waals surface area (Å²) >= 11 is 0. The van der Waals surface area contributed by atoms with Crippen molar-refractivity contribution in [2.75, 3.05) is 6.54 Å². The van der Waals surface area contributed by atoms with Crippen LogP contribution < -0.4 is 5.32 Å². The first-order valence-corrected chi connectivity index (χ1v) is 14.3. The number of carbonyl (C=O) groups excluding carboxylic acids is 4. The minimum Gasteiger partial charge on any atom is -0.460 e. The number of rotatable bonds is 9. The molecule has 1 N–H and O–H groups in total. The first-order chi connectivity index (χ1) is 19.7. The van der Waals surface area contributed by atoms with Crippen LogP contribution in [0.4, 0.5) is 13.2 Å². The van der Waals surface area contributed by atoms with Gasteiger partial charge < -0.3 is 10.1 Å². The zero-order valence-electron chi connectivity index (χ0n) is 24.1. The summed E-state index contributed by atoms with van der Waals surface area (Å²) in [5.74, 6) is -1.88. The van der Waals surface area contributed by atoms with E-state index >= 15 is 0 Å². The van der Waals surface area contributed by atoms with Gasteiger partial charge in [-0.1, -0.05) is 31.0 Å². The lowest BCUT2D eigenvalue weighted by molar-refractivity contribution is -0.155. The molecule has 1 atom stereocenters. The fourth-order valence-electron chi connectivity index (χ4n) is 5.49. The van der Waals surface area contributed by atoms with Gasteiger partial charge in [-0.25, -0.2) is 0 Å². The van der Waals surface area contributed by atoms with E-state index in [0.29, 0.717) is 6.42 Å². The highest BCUT2D eigenvalue weighted by molar-refractivity contribution is 5.97. The van der Waals surface area contributed by atoms with E-state index < -0.39 is 35.3 Å². The van der Waals surface area contributed by atoms with Crippen molar-refractivity contribution in [1.29, 1.82) is 0 Å². The van der Waals surface area contributed by atoms with Gasteiger partial charge in [0.2, 0.25) is 11.8 Å². The van der Waals surface area contributed by atoms with Crippen LogP contribution in [0, 0.1) is 0 Å². The molecule has 3 amide bonds. The summed E-state index contributed by atoms with van der Waals surface area (Å²) in [6, 6.07) is 5.56. The van der Waals surface area contributed by atoms with E-state index in [1.807, 2.05) is 0 Å². The van der Waals surface area contributed by atoms with Crippen molar-refractivity contribution >= 4 is 23.7 Å². The molecule has 1 saturated heterocycles. The number of ether oxygens (including phenoxy) is 1. The number of imide groups is 1. The number of nitrogens with zero attached hydrogens (tertiary/aromatic N) is 3. The van der Waals surface area contributed by atoms with Gasteiger partial charge in [-0.2, -0.15) is 18.3 Å². The molecule has 0 bridgehead atoms. The second-order valence-electron chi connectivity index (χ2n) is 11.9. The topological polar surface area (TPSA) is 111 Å². The predicted molar refractivity (Wildman–Crippen MR) is 147 cm³/mol. The summed E-state index contributed by atoms with van der Waals surface area (Å²) < 4.78 is 48.7. The highest BCUT2D eigenvalue weighted by Crippen LogP contribution is 2.40. The number of hydrogen-bond donors (Lipinski definition) is 1. The minimum atomic E-state index is -4.61. The Morgan fingerprint density at radius 3 is 2.31 bits per heavy atom. The van der Waals surface area contributed by atoms with Crippen molar-refractivity contribution < 1.29 is 37.1 Å². The van der Waals surface area contributed by atoms with Crippen LogP contribution in [0.25, 0.3) is 11.3 Å². The number of carbonyl (C=O) groups is 4. The van der Waals surface area contributed by atoms with E-state index in [1.54, 1.807) is 20.8 Å². The van der Waals surface area contributed by atoms with E-state index in [9.17, 15) is 32.3 Å². The van der Waals surface area contributed by atoms with Crippen molar-refractivity contribution in [2.24, 2.45) is 0 Å². The van der Waals surface area contributed by atoms with Gasteiger partial charge in [-0.05, 0) is 58.6 Å². The minimum absolute atomic E-state index is 0.00609. The summed E-state index contributed by atoms with van der Waals surface area (Å²) in [6.07, 6.45) is -0.517. The molecule has 12 heteroatoms. The molecule has 2 aliphatic rings. The third-order valence-electron chi connectivity index (χ3n) is 7.40. The molecule has 1 aliphatic carbocycles. The number of likely N-dealkylation sites (tertiary alicyclic amines) is 1. The van der Waals surface area contributed by atoms with Gasteiger partial charge in [0.1, 0.15) is 5.60 Å². The number of nitrogens with one attached hydrogen (secondary N) is 1. The van der Waals surface area contributed by atoms with Crippen molar-refractivity contribution in [1.82, 2.24) is 20.0 Å². The number of alkyl halides is 3. The first kappa shape index (κ1) is 31.2. The Morgan fingerprint density at radius 1 is 1.05 bits per heavy atom. The number of halogens is 3. The zero-order chi connectivity index (χ0) is 30.7. The molecule has 0 spiro atoms. The zero-order valence-corrected chi connectivity index (χ0v) is 24.1. The van der Waals surface area contributed by atoms with Gasteiger partial charge in [0, 0.05) is 31.0 Å². The molecule has 4 rings (SSSR count). The van der Waals surface area contributed by atoms with Crippen LogP contribution in [0.5, 0.6) is 0 Å². The number of benzene rings is 1. The van der Waals surface area contributed by atoms with Crippen LogP contribution in [0.15, 0.2) is 30.3 Å². The average Bonchev–Trinajstić information content (AvgIpc) is 3.57. The van der Waals surface area contributed by atoms with Crippen LogP contribution in [0.2, 0.25) is 0 Å². The molecule has 0 radical (unpaired) electrons. The van der Waals surface area contributed by atoms with E-state index in [-0.39, 0.29) is 67.0 Å². The molecule has 228 valence electrons. The summed E-state index contributed by atoms with van der Waals surface area (Å²) in [4.78, 5) is 51.9. The van der Waals surface area contributed by atoms with Crippen molar-refractivity contribution in [3.8, 4) is 11.3 Å². The van der Waals surface area contributed by atoms with Gasteiger partial charge in [0.25, 0.3) is 5.91 Å². The second-order valence-corrected chi connectivity index (χ2v) is 11.9. The smallest absolute Gasteiger partial charge is 0.417 e. The Morgan fingerprint density at radius 2 is 1.69 bits per heavy atom. The van der Waals surface area contributed by atoms with Gasteiger partial charge in [-0.3, -0.25) is 28.8 Å². The molecular formula is C30H37F3N4O5. The first-order valence-electron chi connectivity index (χ1n) is 14.3. The van der Waals surface area contributed by atoms with Crippen molar-refractivity contribution in [3.05, 3.63) is 41.6 Å². The van der Waals surface area contributed by atoms with Crippen molar-refractivity contribution in [2.45, 2.75) is 102 Å². The maximum absolute atomic E-state index is 13.9. The maximum Gasteiger partial charge on any atom is 0.417 e. The predicted octanol–water partition coefficient (Wildman–Crippen LogP) is 5.44. The number of amides is 3. The molecule has 1 aromatic carbocycles. The Hall–Kier alpha value is -3.70. The van der Waals surface area contributed by atoms with Gasteiger partial charge in [0.05, 0.1) is 23.7 Å². The highest BCUT2D eigenvalue weighted by atomic mass is 19.4. The standard InChI is InChI=1S/C30H37F3N4O5/c1-29(2,3)42-27(40)17-19(15-16-36-25(38)13-8-14-26(36)39)34-28(41)23-18-24(37(35-23)20-9-4-5-10-20)21-11-6-7-12-22(21)30(31,32)33/h6-7,11-12,18-20H,4-5,8-10,13-17H2,1-3H3,(H,34,41). The fraction of sp³-hybridized carbons (Fsp3) is 0.567. The summed E-state index contributed by atoms with van der Waals surface area (Å²) in [5.41, 5.74) is -1.57. The average molecular weight is 591 g/mol. The van der Waals surface area contributed by atoms with Crippen LogP contribution in [0.1, 0.15) is 101 Å². The quantitative estimate of drug-likeness (QED) is 0.308. The van der Waals surface area contributed by atoms with E-state index in [1.165, 1.54) is 28.9 Å². The maximum atomic E-state index is 13.9. The summed E-state index contributed by atoms with van der Waals surface area (Å²) in [7, 11) is 0. The summed E-state index contributed by atoms with van der Waals surface area (Å²) in [6.45, 7) is 5.13. The third-order valence-corrected chi connectivity index (χ3v) is 7.40. The molecule has 1 aliphatic heterocycles. The van der Waals surface area contributed by atoms with E-state index in [0.717, 1.165) is 36.6 Å². The third kappa shape index (κ3) is 7.77. The Labute approximate surface area is 242 Å². The van der Waals surface area contributed by atoms with Gasteiger partial charge in [-0.15, -0.1) is 0 Å². The molecule has 2 aromatic rings. The number of aromatic nitrogens is 2. The van der Waals surface area contributed by atoms with Crippen LogP contribution in [-0.2, 0) is 25.3 Å². The molecule has 1 unspecified atom stereocenters. The lowest BCUT2D eigenvalue weighted by Crippen LogP contribution is -2.45. The molecule has 9 nitrogen and oxygen atoms in total. The highest BCUT2D eigenvalue weighted by Gasteiger charge is 2.36. The lowest BCUT2D eigenvalue weighted by Gasteiger charge is -2.27. The number of esters is 1. The van der Waals surface area contributed by atoms with Crippen LogP contribution in [-0.4, -0.2) is 56.6 Å². The lowest BCUT2D eigenvalue weighted by atomic mass is 10.0.